The third-order valence-corrected chi connectivity index (χ3v) is 5.29. The molecule has 0 aliphatic carbocycles. The summed E-state index contributed by atoms with van der Waals surface area (Å²) in [7, 11) is 0. The molecule has 3 aromatic rings. The Morgan fingerprint density at radius 3 is 2.48 bits per heavy atom. The quantitative estimate of drug-likeness (QED) is 0.667. The molecule has 0 atom stereocenters. The van der Waals surface area contributed by atoms with Gasteiger partial charge < -0.3 is 20.1 Å². The average molecular weight is 408 g/mol. The fourth-order valence-corrected chi connectivity index (χ4v) is 3.54. The van der Waals surface area contributed by atoms with E-state index in [1.165, 1.54) is 11.3 Å². The second kappa shape index (κ2) is 8.79. The molecule has 2 heterocycles. The van der Waals surface area contributed by atoms with Crippen molar-refractivity contribution in [3.05, 3.63) is 76.0 Å². The van der Waals surface area contributed by atoms with Gasteiger partial charge in [0.1, 0.15) is 0 Å². The number of benzene rings is 2. The molecule has 1 aliphatic rings. The van der Waals surface area contributed by atoms with E-state index in [-0.39, 0.29) is 11.8 Å². The van der Waals surface area contributed by atoms with Crippen LogP contribution in [-0.4, -0.2) is 25.0 Å². The molecule has 2 aromatic carbocycles. The molecule has 0 bridgehead atoms. The zero-order valence-electron chi connectivity index (χ0n) is 15.6. The molecule has 0 saturated carbocycles. The summed E-state index contributed by atoms with van der Waals surface area (Å²) in [5.74, 6) is 1.01. The van der Waals surface area contributed by atoms with Gasteiger partial charge in [0.15, 0.2) is 11.5 Å². The Hall–Kier alpha value is -3.32. The van der Waals surface area contributed by atoms with Crippen molar-refractivity contribution in [3.63, 3.8) is 0 Å². The van der Waals surface area contributed by atoms with Crippen LogP contribution in [0.25, 0.3) is 0 Å². The minimum Gasteiger partial charge on any atom is -0.490 e. The van der Waals surface area contributed by atoms with E-state index < -0.39 is 0 Å². The number of carbonyl (C=O) groups excluding carboxylic acids is 2. The molecule has 7 heteroatoms. The molecule has 0 fully saturated rings. The van der Waals surface area contributed by atoms with Crippen LogP contribution in [0.1, 0.15) is 32.0 Å². The number of thiophene rings is 1. The summed E-state index contributed by atoms with van der Waals surface area (Å²) in [5, 5.41) is 7.61. The highest BCUT2D eigenvalue weighted by Gasteiger charge is 2.13. The second-order valence-corrected chi connectivity index (χ2v) is 7.47. The van der Waals surface area contributed by atoms with E-state index in [0.717, 1.165) is 12.0 Å². The van der Waals surface area contributed by atoms with Crippen molar-refractivity contribution < 1.29 is 19.1 Å². The maximum atomic E-state index is 12.5. The number of amides is 2. The fraction of sp³-hybridized carbons (Fsp3) is 0.182. The predicted octanol–water partition coefficient (Wildman–Crippen LogP) is 4.09. The molecular formula is C22H20N2O4S. The lowest BCUT2D eigenvalue weighted by atomic mass is 10.1. The van der Waals surface area contributed by atoms with Crippen molar-refractivity contribution in [3.8, 4) is 11.5 Å². The van der Waals surface area contributed by atoms with Gasteiger partial charge in [0, 0.05) is 30.3 Å². The van der Waals surface area contributed by atoms with Crippen molar-refractivity contribution in [1.29, 1.82) is 0 Å². The third kappa shape index (κ3) is 4.75. The lowest BCUT2D eigenvalue weighted by Gasteiger charge is -2.11. The van der Waals surface area contributed by atoms with E-state index in [0.29, 0.717) is 47.4 Å². The zero-order chi connectivity index (χ0) is 20.1. The normalized spacial score (nSPS) is 12.7. The number of ether oxygens (including phenoxy) is 2. The number of anilines is 1. The third-order valence-electron chi connectivity index (χ3n) is 4.42. The van der Waals surface area contributed by atoms with Gasteiger partial charge in [-0.05, 0) is 41.3 Å². The summed E-state index contributed by atoms with van der Waals surface area (Å²) < 4.78 is 11.3. The van der Waals surface area contributed by atoms with Crippen LogP contribution < -0.4 is 20.1 Å². The Kier molecular flexibility index (Phi) is 5.76. The standard InChI is InChI=1S/C22H20N2O4S/c25-21(24-17-8-9-18-19(13-17)28-11-2-10-27-18)16-6-4-15(5-7-16)14-23-22(26)20-3-1-12-29-20/h1,3-9,12-13H,2,10-11,14H2,(H,23,26)(H,24,25). The smallest absolute Gasteiger partial charge is 0.261 e. The van der Waals surface area contributed by atoms with Crippen molar-refractivity contribution in [1.82, 2.24) is 5.32 Å². The molecule has 2 amide bonds. The van der Waals surface area contributed by atoms with E-state index in [1.807, 2.05) is 23.6 Å². The number of hydrogen-bond donors (Lipinski definition) is 2. The minimum absolute atomic E-state index is 0.101. The van der Waals surface area contributed by atoms with Crippen molar-refractivity contribution >= 4 is 28.8 Å². The van der Waals surface area contributed by atoms with E-state index >= 15 is 0 Å². The highest BCUT2D eigenvalue weighted by atomic mass is 32.1. The monoisotopic (exact) mass is 408 g/mol. The molecule has 29 heavy (non-hydrogen) atoms. The summed E-state index contributed by atoms with van der Waals surface area (Å²) in [5.41, 5.74) is 2.10. The van der Waals surface area contributed by atoms with Gasteiger partial charge in [-0.25, -0.2) is 0 Å². The number of rotatable bonds is 5. The van der Waals surface area contributed by atoms with Gasteiger partial charge >= 0.3 is 0 Å². The average Bonchev–Trinajstić information content (AvgIpc) is 3.18. The molecule has 148 valence electrons. The maximum absolute atomic E-state index is 12.5. The van der Waals surface area contributed by atoms with Gasteiger partial charge in [-0.1, -0.05) is 18.2 Å². The molecular weight excluding hydrogens is 388 g/mol. The van der Waals surface area contributed by atoms with Gasteiger partial charge in [-0.2, -0.15) is 0 Å². The largest absolute Gasteiger partial charge is 0.490 e. The first-order valence-corrected chi connectivity index (χ1v) is 10.2. The first-order chi connectivity index (χ1) is 14.2. The van der Waals surface area contributed by atoms with Gasteiger partial charge in [0.05, 0.1) is 18.1 Å². The Balaban J connectivity index is 1.35. The molecule has 0 spiro atoms. The SMILES string of the molecule is O=C(Nc1ccc2c(c1)OCCCO2)c1ccc(CNC(=O)c2cccs2)cc1. The van der Waals surface area contributed by atoms with Crippen LogP contribution in [-0.2, 0) is 6.54 Å². The van der Waals surface area contributed by atoms with Gasteiger partial charge in [-0.15, -0.1) is 11.3 Å². The zero-order valence-corrected chi connectivity index (χ0v) is 16.5. The van der Waals surface area contributed by atoms with Crippen LogP contribution in [0.15, 0.2) is 60.0 Å². The molecule has 6 nitrogen and oxygen atoms in total. The van der Waals surface area contributed by atoms with Gasteiger partial charge in [-0.3, -0.25) is 9.59 Å². The Morgan fingerprint density at radius 1 is 0.931 bits per heavy atom. The molecule has 2 N–H and O–H groups in total. The van der Waals surface area contributed by atoms with Crippen molar-refractivity contribution in [2.24, 2.45) is 0 Å². The van der Waals surface area contributed by atoms with Crippen LogP contribution in [0.5, 0.6) is 11.5 Å². The number of carbonyl (C=O) groups is 2. The molecule has 0 radical (unpaired) electrons. The fourth-order valence-electron chi connectivity index (χ4n) is 2.90. The summed E-state index contributed by atoms with van der Waals surface area (Å²) in [6.45, 7) is 1.62. The Labute approximate surface area is 172 Å². The molecule has 0 saturated heterocycles. The molecule has 4 rings (SSSR count). The highest BCUT2D eigenvalue weighted by molar-refractivity contribution is 7.12. The van der Waals surface area contributed by atoms with Gasteiger partial charge in [0.2, 0.25) is 0 Å². The second-order valence-electron chi connectivity index (χ2n) is 6.52. The van der Waals surface area contributed by atoms with Crippen LogP contribution in [0.2, 0.25) is 0 Å². The summed E-state index contributed by atoms with van der Waals surface area (Å²) in [6.07, 6.45) is 0.830. The first kappa shape index (κ1) is 19.0. The van der Waals surface area contributed by atoms with Crippen LogP contribution >= 0.6 is 11.3 Å². The molecule has 0 unspecified atom stereocenters. The van der Waals surface area contributed by atoms with Crippen molar-refractivity contribution in [2.75, 3.05) is 18.5 Å². The molecule has 1 aromatic heterocycles. The van der Waals surface area contributed by atoms with Crippen LogP contribution in [0.3, 0.4) is 0 Å². The topological polar surface area (TPSA) is 76.7 Å². The van der Waals surface area contributed by atoms with Gasteiger partial charge in [0.25, 0.3) is 11.8 Å². The summed E-state index contributed by atoms with van der Waals surface area (Å²) in [6, 6.07) is 16.1. The van der Waals surface area contributed by atoms with E-state index in [2.05, 4.69) is 10.6 Å². The summed E-state index contributed by atoms with van der Waals surface area (Å²) in [4.78, 5) is 25.2. The van der Waals surface area contributed by atoms with Crippen LogP contribution in [0, 0.1) is 0 Å². The Morgan fingerprint density at radius 2 is 1.72 bits per heavy atom. The van der Waals surface area contributed by atoms with Crippen LogP contribution in [0.4, 0.5) is 5.69 Å². The van der Waals surface area contributed by atoms with E-state index in [1.54, 1.807) is 36.4 Å². The Bertz CT molecular complexity index is 1000. The maximum Gasteiger partial charge on any atom is 0.261 e. The first-order valence-electron chi connectivity index (χ1n) is 9.31. The predicted molar refractivity (Wildman–Crippen MR) is 112 cm³/mol. The van der Waals surface area contributed by atoms with E-state index in [9.17, 15) is 9.59 Å². The number of nitrogens with one attached hydrogen (secondary N) is 2. The number of fused-ring (bicyclic) bond motifs is 1. The lowest BCUT2D eigenvalue weighted by Crippen LogP contribution is -2.21. The lowest BCUT2D eigenvalue weighted by molar-refractivity contribution is 0.0953. The molecule has 1 aliphatic heterocycles. The summed E-state index contributed by atoms with van der Waals surface area (Å²) >= 11 is 1.40. The highest BCUT2D eigenvalue weighted by Crippen LogP contribution is 2.32. The van der Waals surface area contributed by atoms with Crippen molar-refractivity contribution in [2.45, 2.75) is 13.0 Å². The van der Waals surface area contributed by atoms with E-state index in [4.69, 9.17) is 9.47 Å². The minimum atomic E-state index is -0.214. The number of hydrogen-bond acceptors (Lipinski definition) is 5.